The van der Waals surface area contributed by atoms with Crippen LogP contribution in [0.2, 0.25) is 0 Å². The van der Waals surface area contributed by atoms with Crippen molar-refractivity contribution in [2.24, 2.45) is 0 Å². The van der Waals surface area contributed by atoms with E-state index in [9.17, 15) is 4.21 Å². The molecule has 2 N–H and O–H groups in total. The highest BCUT2D eigenvalue weighted by molar-refractivity contribution is 8.00. The van der Waals surface area contributed by atoms with Crippen LogP contribution in [0.3, 0.4) is 0 Å². The van der Waals surface area contributed by atoms with Crippen molar-refractivity contribution in [3.63, 3.8) is 0 Å². The molecule has 5 nitrogen and oxygen atoms in total. The predicted octanol–water partition coefficient (Wildman–Crippen LogP) is 11.7. The maximum Gasteiger partial charge on any atom is 0.129 e. The Morgan fingerprint density at radius 2 is 1.24 bits per heavy atom. The lowest BCUT2D eigenvalue weighted by Gasteiger charge is -2.09. The van der Waals surface area contributed by atoms with E-state index in [0.29, 0.717) is 17.3 Å². The van der Waals surface area contributed by atoms with Gasteiger partial charge in [-0.15, -0.1) is 0 Å². The van der Waals surface area contributed by atoms with Crippen molar-refractivity contribution < 1.29 is 13.7 Å². The summed E-state index contributed by atoms with van der Waals surface area (Å²) in [5.41, 5.74) is 3.82. The smallest absolute Gasteiger partial charge is 0.129 e. The van der Waals surface area contributed by atoms with Crippen LogP contribution < -0.4 is 18.9 Å². The second-order valence-corrected chi connectivity index (χ2v) is 10.8. The minimum atomic E-state index is -1.10. The van der Waals surface area contributed by atoms with Gasteiger partial charge >= 0.3 is 0 Å². The van der Waals surface area contributed by atoms with Crippen molar-refractivity contribution in [2.75, 3.05) is 15.7 Å². The van der Waals surface area contributed by atoms with Gasteiger partial charge < -0.3 is 18.9 Å². The summed E-state index contributed by atoms with van der Waals surface area (Å²) in [7, 11) is -1.10. The number of allylic oxidation sites excluding steroid dienone is 7. The molecule has 0 aromatic heterocycles. The van der Waals surface area contributed by atoms with E-state index in [1.54, 1.807) is 30.3 Å². The fourth-order valence-corrected chi connectivity index (χ4v) is 4.06. The largest absolute Gasteiger partial charge is 0.458 e. The second kappa shape index (κ2) is 25.2. The van der Waals surface area contributed by atoms with E-state index in [4.69, 9.17) is 9.47 Å². The van der Waals surface area contributed by atoms with Gasteiger partial charge in [-0.1, -0.05) is 107 Å². The highest BCUT2D eigenvalue weighted by Gasteiger charge is 2.00. The Bertz CT molecular complexity index is 1430. The molecule has 0 aliphatic rings. The number of benzene rings is 3. The monoisotopic (exact) mass is 646 g/mol. The van der Waals surface area contributed by atoms with Gasteiger partial charge in [-0.3, -0.25) is 0 Å². The first kappa shape index (κ1) is 40.8. The fraction of sp³-hybridized carbons (Fsp3) is 0.211. The molecule has 0 amide bonds. The van der Waals surface area contributed by atoms with Crippen molar-refractivity contribution >= 4 is 34.3 Å². The average molecular weight is 647 g/mol. The maximum absolute atomic E-state index is 11.0. The summed E-state index contributed by atoms with van der Waals surface area (Å²) < 4.78 is 28.4. The third-order valence-electron chi connectivity index (χ3n) is 5.00. The van der Waals surface area contributed by atoms with Gasteiger partial charge in [0.05, 0.1) is 0 Å². The molecule has 0 aliphatic carbocycles. The summed E-state index contributed by atoms with van der Waals surface area (Å²) in [6.45, 7) is 25.4. The van der Waals surface area contributed by atoms with Crippen LogP contribution in [-0.4, -0.2) is 10.5 Å². The van der Waals surface area contributed by atoms with Gasteiger partial charge in [0.25, 0.3) is 0 Å². The van der Waals surface area contributed by atoms with Crippen molar-refractivity contribution in [1.29, 1.82) is 0 Å². The summed E-state index contributed by atoms with van der Waals surface area (Å²) in [4.78, 5) is 1.16. The van der Waals surface area contributed by atoms with Gasteiger partial charge in [0.2, 0.25) is 0 Å². The van der Waals surface area contributed by atoms with Crippen LogP contribution in [0.1, 0.15) is 48.5 Å². The molecule has 3 aromatic rings. The molecule has 1 unspecified atom stereocenters. The molecule has 3 aromatic carbocycles. The van der Waals surface area contributed by atoms with E-state index in [1.165, 1.54) is 5.57 Å². The van der Waals surface area contributed by atoms with Crippen LogP contribution in [0.5, 0.6) is 11.5 Å². The third kappa shape index (κ3) is 20.4. The first-order valence-electron chi connectivity index (χ1n) is 14.8. The molecular formula is C38H50N2O3S2. The number of ether oxygens (including phenoxy) is 2. The summed E-state index contributed by atoms with van der Waals surface area (Å²) >= 11 is 1.57. The average Bonchev–Trinajstić information content (AvgIpc) is 3.04. The van der Waals surface area contributed by atoms with Crippen LogP contribution >= 0.6 is 11.9 Å². The highest BCUT2D eigenvalue weighted by atomic mass is 32.2. The number of anilines is 2. The van der Waals surface area contributed by atoms with Gasteiger partial charge in [-0.2, -0.15) is 0 Å². The second-order valence-electron chi connectivity index (χ2n) is 8.81. The lowest BCUT2D eigenvalue weighted by molar-refractivity contribution is 0.447. The van der Waals surface area contributed by atoms with E-state index in [2.05, 4.69) is 41.3 Å². The molecule has 7 heteroatoms. The van der Waals surface area contributed by atoms with Crippen LogP contribution in [-0.2, 0) is 11.0 Å². The Balaban J connectivity index is 0.000000794. The lowest BCUT2D eigenvalue weighted by Crippen LogP contribution is -2.01. The quantitative estimate of drug-likeness (QED) is 0.110. The van der Waals surface area contributed by atoms with Gasteiger partial charge in [-0.05, 0) is 81.3 Å². The molecule has 0 aliphatic heterocycles. The van der Waals surface area contributed by atoms with E-state index in [-0.39, 0.29) is 0 Å². The third-order valence-corrected chi connectivity index (χ3v) is 6.37. The molecule has 242 valence electrons. The van der Waals surface area contributed by atoms with Crippen molar-refractivity contribution in [3.05, 3.63) is 152 Å². The molecule has 1 atom stereocenters. The zero-order valence-electron chi connectivity index (χ0n) is 28.1. The molecule has 0 heterocycles. The number of hydrogen-bond acceptors (Lipinski definition) is 5. The lowest BCUT2D eigenvalue weighted by atomic mass is 10.2. The highest BCUT2D eigenvalue weighted by Crippen LogP contribution is 2.25. The minimum absolute atomic E-state index is 0.521. The summed E-state index contributed by atoms with van der Waals surface area (Å²) in [6, 6.07) is 25.2. The Morgan fingerprint density at radius 1 is 0.733 bits per heavy atom. The van der Waals surface area contributed by atoms with Crippen molar-refractivity contribution in [2.45, 2.75) is 53.4 Å². The molecule has 0 radical (unpaired) electrons. The van der Waals surface area contributed by atoms with Crippen LogP contribution in [0.15, 0.2) is 157 Å². The van der Waals surface area contributed by atoms with E-state index >= 15 is 0 Å². The molecule has 0 fully saturated rings. The first-order valence-corrected chi connectivity index (χ1v) is 17.2. The Hall–Kier alpha value is -4.20. The first-order chi connectivity index (χ1) is 21.6. The Morgan fingerprint density at radius 3 is 1.76 bits per heavy atom. The summed E-state index contributed by atoms with van der Waals surface area (Å²) in [6.07, 6.45) is 11.0. The summed E-state index contributed by atoms with van der Waals surface area (Å²) in [5.74, 6) is 2.53. The molecule has 0 saturated heterocycles. The van der Waals surface area contributed by atoms with Gasteiger partial charge in [0.15, 0.2) is 0 Å². The number of hydrogen-bond donors (Lipinski definition) is 2. The zero-order valence-corrected chi connectivity index (χ0v) is 29.7. The van der Waals surface area contributed by atoms with Crippen LogP contribution in [0.4, 0.5) is 11.4 Å². The molecule has 45 heavy (non-hydrogen) atoms. The summed E-state index contributed by atoms with van der Waals surface area (Å²) in [5, 5.41) is 0. The topological polar surface area (TPSA) is 59.6 Å². The zero-order chi connectivity index (χ0) is 34.0. The van der Waals surface area contributed by atoms with Crippen molar-refractivity contribution in [1.82, 2.24) is 0 Å². The van der Waals surface area contributed by atoms with Crippen molar-refractivity contribution in [3.8, 4) is 11.5 Å². The van der Waals surface area contributed by atoms with Crippen LogP contribution in [0.25, 0.3) is 0 Å². The molecular weight excluding hydrogens is 597 g/mol. The number of rotatable bonds is 13. The maximum atomic E-state index is 11.0. The van der Waals surface area contributed by atoms with Gasteiger partial charge in [-0.25, -0.2) is 4.21 Å². The Labute approximate surface area is 279 Å². The van der Waals surface area contributed by atoms with Crippen LogP contribution in [0, 0.1) is 0 Å². The molecule has 3 rings (SSSR count). The fourth-order valence-electron chi connectivity index (χ4n) is 2.95. The van der Waals surface area contributed by atoms with E-state index in [1.807, 2.05) is 133 Å². The molecule has 0 spiro atoms. The minimum Gasteiger partial charge on any atom is -0.458 e. The SMILES string of the molecule is C=C(/C=C\C(C)=C/C)Oc1cccc(NSc2ccccc2)c1.C=C(C)/C=C\C(=C)Oc1cccc(NS(C)=O)c1.CC.CC. The number of nitrogens with one attached hydrogen (secondary N) is 2. The predicted molar refractivity (Wildman–Crippen MR) is 201 cm³/mol. The normalized spacial score (nSPS) is 11.0. The van der Waals surface area contributed by atoms with Gasteiger partial charge in [0, 0.05) is 34.7 Å². The van der Waals surface area contributed by atoms with Gasteiger partial charge in [0.1, 0.15) is 34.0 Å². The standard InChI is InChI=1S/C20H21NOS.C14H17NO2S.2C2H6/c1-4-16(2)13-14-17(3)22-19-10-8-9-18(15-19)21-23-20-11-6-5-7-12-20;1-11(2)8-9-12(3)17-14-7-5-6-13(10-14)15-18(4)16;2*1-2/h4-15,21H,3H2,1-2H3;5-10,15H,1,3H2,2,4H3;2*1-2H3/b14-13-,16-4-;9-8-;;. The van der Waals surface area contributed by atoms with E-state index in [0.717, 1.165) is 27.6 Å². The molecule has 0 bridgehead atoms. The van der Waals surface area contributed by atoms with E-state index < -0.39 is 11.0 Å². The molecule has 0 saturated carbocycles. The Kier molecular flexibility index (Phi) is 22.8.